The summed E-state index contributed by atoms with van der Waals surface area (Å²) in [5, 5.41) is 2.65. The van der Waals surface area contributed by atoms with Crippen LogP contribution in [0, 0.1) is 13.8 Å². The van der Waals surface area contributed by atoms with E-state index in [2.05, 4.69) is 16.9 Å². The molecule has 3 rings (SSSR count). The van der Waals surface area contributed by atoms with Crippen LogP contribution in [0.25, 0.3) is 11.8 Å². The Morgan fingerprint density at radius 2 is 1.96 bits per heavy atom. The van der Waals surface area contributed by atoms with Crippen molar-refractivity contribution in [2.75, 3.05) is 6.54 Å². The molecule has 1 fully saturated rings. The number of pyridine rings is 1. The van der Waals surface area contributed by atoms with Gasteiger partial charge in [0, 0.05) is 36.0 Å². The number of carbonyl (C=O) groups excluding carboxylic acids is 2. The Labute approximate surface area is 156 Å². The average molecular weight is 366 g/mol. The van der Waals surface area contributed by atoms with Crippen molar-refractivity contribution in [1.29, 1.82) is 0 Å². The fourth-order valence-electron chi connectivity index (χ4n) is 2.97. The molecule has 0 bridgehead atoms. The first kappa shape index (κ1) is 17.8. The van der Waals surface area contributed by atoms with Crippen molar-refractivity contribution in [2.45, 2.75) is 13.8 Å². The molecule has 2 aromatic rings. The first-order valence-electron chi connectivity index (χ1n) is 8.03. The maximum Gasteiger partial charge on any atom is 0.265 e. The van der Waals surface area contributed by atoms with Gasteiger partial charge in [-0.2, -0.15) is 0 Å². The normalized spacial score (nSPS) is 16.2. The summed E-state index contributed by atoms with van der Waals surface area (Å²) in [6, 6.07) is 5.74. The van der Waals surface area contributed by atoms with Crippen LogP contribution in [-0.2, 0) is 9.59 Å². The van der Waals surface area contributed by atoms with E-state index < -0.39 is 11.8 Å². The van der Waals surface area contributed by atoms with Gasteiger partial charge in [0.1, 0.15) is 5.57 Å². The second kappa shape index (κ2) is 7.05. The molecule has 0 saturated carbocycles. The monoisotopic (exact) mass is 366 g/mol. The predicted molar refractivity (Wildman–Crippen MR) is 104 cm³/mol. The minimum absolute atomic E-state index is 0.0513. The first-order valence-corrected chi connectivity index (χ1v) is 8.44. The molecule has 7 heteroatoms. The Bertz CT molecular complexity index is 944. The molecule has 0 spiro atoms. The van der Waals surface area contributed by atoms with E-state index in [0.29, 0.717) is 0 Å². The van der Waals surface area contributed by atoms with E-state index in [9.17, 15) is 9.59 Å². The van der Waals surface area contributed by atoms with E-state index in [1.165, 1.54) is 4.90 Å². The molecule has 0 unspecified atom stereocenters. The molecule has 2 amide bonds. The highest BCUT2D eigenvalue weighted by molar-refractivity contribution is 7.80. The number of rotatable bonds is 4. The van der Waals surface area contributed by atoms with E-state index in [1.54, 1.807) is 24.5 Å². The molecule has 0 atom stereocenters. The maximum atomic E-state index is 12.7. The number of nitrogens with one attached hydrogen (secondary N) is 1. The second-order valence-corrected chi connectivity index (χ2v) is 6.28. The molecule has 1 saturated heterocycles. The highest BCUT2D eigenvalue weighted by Crippen LogP contribution is 2.23. The molecule has 132 valence electrons. The molecular formula is C19H18N4O2S. The van der Waals surface area contributed by atoms with Crippen LogP contribution in [0.5, 0.6) is 0 Å². The summed E-state index contributed by atoms with van der Waals surface area (Å²) in [4.78, 5) is 30.3. The number of amides is 2. The van der Waals surface area contributed by atoms with Crippen molar-refractivity contribution >= 4 is 35.2 Å². The zero-order chi connectivity index (χ0) is 18.8. The molecular weight excluding hydrogens is 348 g/mol. The van der Waals surface area contributed by atoms with Crippen LogP contribution in [0.15, 0.2) is 48.8 Å². The summed E-state index contributed by atoms with van der Waals surface area (Å²) >= 11 is 5.07. The number of aryl methyl sites for hydroxylation is 1. The lowest BCUT2D eigenvalue weighted by Gasteiger charge is -2.27. The van der Waals surface area contributed by atoms with Crippen molar-refractivity contribution in [2.24, 2.45) is 0 Å². The second-order valence-electron chi connectivity index (χ2n) is 5.89. The fourth-order valence-corrected chi connectivity index (χ4v) is 3.22. The fraction of sp³-hybridized carbons (Fsp3) is 0.158. The Balaban J connectivity index is 2.05. The number of carbonyl (C=O) groups is 2. The van der Waals surface area contributed by atoms with Gasteiger partial charge in [-0.25, -0.2) is 0 Å². The summed E-state index contributed by atoms with van der Waals surface area (Å²) in [6.07, 6.45) is 6.61. The lowest BCUT2D eigenvalue weighted by molar-refractivity contribution is -0.128. The van der Waals surface area contributed by atoms with Crippen molar-refractivity contribution in [3.05, 3.63) is 65.8 Å². The molecule has 0 radical (unpaired) electrons. The van der Waals surface area contributed by atoms with Crippen LogP contribution < -0.4 is 5.32 Å². The van der Waals surface area contributed by atoms with Crippen LogP contribution in [0.2, 0.25) is 0 Å². The van der Waals surface area contributed by atoms with Gasteiger partial charge in [-0.05, 0) is 55.9 Å². The number of nitrogens with zero attached hydrogens (tertiary/aromatic N) is 3. The van der Waals surface area contributed by atoms with Gasteiger partial charge in [0.05, 0.1) is 0 Å². The van der Waals surface area contributed by atoms with Gasteiger partial charge in [0.2, 0.25) is 0 Å². The Morgan fingerprint density at radius 3 is 2.62 bits per heavy atom. The maximum absolute atomic E-state index is 12.7. The summed E-state index contributed by atoms with van der Waals surface area (Å²) < 4.78 is 2.05. The van der Waals surface area contributed by atoms with Gasteiger partial charge in [-0.3, -0.25) is 24.8 Å². The molecule has 1 aliphatic rings. The zero-order valence-corrected chi connectivity index (χ0v) is 15.3. The number of hydrogen-bond acceptors (Lipinski definition) is 4. The van der Waals surface area contributed by atoms with Crippen LogP contribution in [0.4, 0.5) is 0 Å². The lowest BCUT2D eigenvalue weighted by Crippen LogP contribution is -2.53. The highest BCUT2D eigenvalue weighted by atomic mass is 32.1. The summed E-state index contributed by atoms with van der Waals surface area (Å²) in [6.45, 7) is 7.77. The molecule has 1 N–H and O–H groups in total. The minimum atomic E-state index is -0.492. The molecule has 1 aliphatic heterocycles. The predicted octanol–water partition coefficient (Wildman–Crippen LogP) is 2.30. The number of aromatic nitrogens is 2. The quantitative estimate of drug-likeness (QED) is 0.390. The Morgan fingerprint density at radius 1 is 1.27 bits per heavy atom. The van der Waals surface area contributed by atoms with Crippen LogP contribution in [-0.4, -0.2) is 37.9 Å². The third kappa shape index (κ3) is 3.09. The van der Waals surface area contributed by atoms with Gasteiger partial charge in [-0.15, -0.1) is 6.58 Å². The summed E-state index contributed by atoms with van der Waals surface area (Å²) in [5.41, 5.74) is 3.72. The largest absolute Gasteiger partial charge is 0.318 e. The van der Waals surface area contributed by atoms with E-state index in [0.717, 1.165) is 22.6 Å². The van der Waals surface area contributed by atoms with Crippen LogP contribution in [0.3, 0.4) is 0 Å². The van der Waals surface area contributed by atoms with Gasteiger partial charge in [0.15, 0.2) is 5.11 Å². The Kier molecular flexibility index (Phi) is 4.81. The van der Waals surface area contributed by atoms with E-state index >= 15 is 0 Å². The third-order valence-electron chi connectivity index (χ3n) is 4.19. The molecule has 0 aliphatic carbocycles. The van der Waals surface area contributed by atoms with Crippen molar-refractivity contribution in [3.63, 3.8) is 0 Å². The van der Waals surface area contributed by atoms with Crippen molar-refractivity contribution < 1.29 is 9.59 Å². The van der Waals surface area contributed by atoms with E-state index in [-0.39, 0.29) is 17.2 Å². The van der Waals surface area contributed by atoms with Gasteiger partial charge in [-0.1, -0.05) is 6.08 Å². The van der Waals surface area contributed by atoms with Gasteiger partial charge < -0.3 is 4.57 Å². The molecule has 2 aromatic heterocycles. The number of hydrogen-bond donors (Lipinski definition) is 1. The SMILES string of the molecule is C=CCN1C(=O)/C(=C\c2cc(C)n(-c3ccncc3)c2C)C(=O)NC1=S. The summed E-state index contributed by atoms with van der Waals surface area (Å²) in [7, 11) is 0. The topological polar surface area (TPSA) is 67.2 Å². The zero-order valence-electron chi connectivity index (χ0n) is 14.5. The van der Waals surface area contributed by atoms with Gasteiger partial charge in [0.25, 0.3) is 11.8 Å². The third-order valence-corrected chi connectivity index (χ3v) is 4.51. The van der Waals surface area contributed by atoms with Crippen LogP contribution >= 0.6 is 12.2 Å². The van der Waals surface area contributed by atoms with Crippen molar-refractivity contribution in [3.8, 4) is 5.69 Å². The van der Waals surface area contributed by atoms with Crippen LogP contribution in [0.1, 0.15) is 17.0 Å². The van der Waals surface area contributed by atoms with Gasteiger partial charge >= 0.3 is 0 Å². The van der Waals surface area contributed by atoms with Crippen molar-refractivity contribution in [1.82, 2.24) is 19.8 Å². The number of thiocarbonyl (C=S) groups is 1. The summed E-state index contributed by atoms with van der Waals surface area (Å²) in [5.74, 6) is -0.915. The molecule has 6 nitrogen and oxygen atoms in total. The van der Waals surface area contributed by atoms with E-state index in [4.69, 9.17) is 12.2 Å². The minimum Gasteiger partial charge on any atom is -0.318 e. The average Bonchev–Trinajstić information content (AvgIpc) is 2.89. The lowest BCUT2D eigenvalue weighted by atomic mass is 10.1. The Hall–Kier alpha value is -3.06. The molecule has 0 aromatic carbocycles. The smallest absolute Gasteiger partial charge is 0.265 e. The van der Waals surface area contributed by atoms with E-state index in [1.807, 2.05) is 36.6 Å². The highest BCUT2D eigenvalue weighted by Gasteiger charge is 2.32. The standard InChI is InChI=1S/C19H18N4O2S/c1-4-9-22-18(25)16(17(24)21-19(22)26)11-14-10-12(2)23(13(14)3)15-5-7-20-8-6-15/h4-8,10-11H,1,9H2,2-3H3,(H,21,24,26)/b16-11-. The molecule has 3 heterocycles. The molecule has 26 heavy (non-hydrogen) atoms. The first-order chi connectivity index (χ1) is 12.4.